The van der Waals surface area contributed by atoms with E-state index in [1.165, 1.54) is 0 Å². The zero-order valence-corrected chi connectivity index (χ0v) is 19.8. The third kappa shape index (κ3) is 4.47. The van der Waals surface area contributed by atoms with Gasteiger partial charge in [0.25, 0.3) is 0 Å². The summed E-state index contributed by atoms with van der Waals surface area (Å²) in [6, 6.07) is 15.0. The van der Waals surface area contributed by atoms with E-state index in [0.29, 0.717) is 36.8 Å². The van der Waals surface area contributed by atoms with Crippen LogP contribution in [-0.4, -0.2) is 39.9 Å². The van der Waals surface area contributed by atoms with Crippen molar-refractivity contribution in [3.63, 3.8) is 0 Å². The van der Waals surface area contributed by atoms with Crippen molar-refractivity contribution in [1.29, 1.82) is 0 Å². The first-order chi connectivity index (χ1) is 13.5. The molecule has 2 aliphatic carbocycles. The molecule has 0 heterocycles. The van der Waals surface area contributed by atoms with Gasteiger partial charge in [0, 0.05) is 35.0 Å². The van der Waals surface area contributed by atoms with E-state index in [1.807, 2.05) is 48.5 Å². The van der Waals surface area contributed by atoms with Crippen molar-refractivity contribution in [1.82, 2.24) is 0 Å². The predicted molar refractivity (Wildman–Crippen MR) is 116 cm³/mol. The molecule has 2 aromatic rings. The largest absolute Gasteiger partial charge is 0.385 e. The van der Waals surface area contributed by atoms with E-state index in [4.69, 9.17) is 0 Å². The molecule has 2 aromatic carbocycles. The third-order valence-corrected chi connectivity index (χ3v) is 6.71. The first-order valence-corrected chi connectivity index (χ1v) is 10.7. The van der Waals surface area contributed by atoms with Crippen molar-refractivity contribution in [2.45, 2.75) is 75.4 Å². The van der Waals surface area contributed by atoms with Gasteiger partial charge in [-0.3, -0.25) is 4.79 Å². The normalized spacial score (nSPS) is 20.5. The summed E-state index contributed by atoms with van der Waals surface area (Å²) in [4.78, 5) is 13.6. The molecule has 0 aliphatic heterocycles. The molecule has 0 amide bonds. The van der Waals surface area contributed by atoms with Crippen LogP contribution in [0.2, 0.25) is 0 Å². The van der Waals surface area contributed by atoms with Gasteiger partial charge in [-0.1, -0.05) is 87.1 Å². The minimum atomic E-state index is -0.929. The summed E-state index contributed by atoms with van der Waals surface area (Å²) in [5, 5.41) is 22.6. The molecule has 0 bridgehead atoms. The average molecular weight is 497 g/mol. The van der Waals surface area contributed by atoms with E-state index in [2.05, 4.69) is 0 Å². The fraction of sp³-hybridized carbons (Fsp3) is 0.480. The second kappa shape index (κ2) is 9.32. The van der Waals surface area contributed by atoms with Gasteiger partial charge in [0.15, 0.2) is 5.78 Å². The summed E-state index contributed by atoms with van der Waals surface area (Å²) in [5.41, 5.74) is 0.760. The van der Waals surface area contributed by atoms with Crippen LogP contribution in [0.3, 0.4) is 0 Å². The fourth-order valence-corrected chi connectivity index (χ4v) is 5.13. The summed E-state index contributed by atoms with van der Waals surface area (Å²) >= 11 is 0. The van der Waals surface area contributed by atoms with Crippen molar-refractivity contribution in [3.05, 3.63) is 70.8 Å². The molecular weight excluding hydrogens is 467 g/mol. The van der Waals surface area contributed by atoms with E-state index >= 15 is 0 Å². The predicted octanol–water partition coefficient (Wildman–Crippen LogP) is 4.84. The third-order valence-electron chi connectivity index (χ3n) is 6.71. The molecular formula is C25H30O3Sn. The minimum Gasteiger partial charge on any atom is -0.385 e. The molecule has 3 nitrogen and oxygen atoms in total. The van der Waals surface area contributed by atoms with Crippen LogP contribution in [0.4, 0.5) is 0 Å². The molecule has 2 fully saturated rings. The number of carbonyl (C=O) groups is 1. The Labute approximate surface area is 190 Å². The second-order valence-corrected chi connectivity index (χ2v) is 8.60. The molecule has 0 unspecified atom stereocenters. The maximum absolute atomic E-state index is 13.6. The van der Waals surface area contributed by atoms with Crippen LogP contribution < -0.4 is 0 Å². The first-order valence-electron chi connectivity index (χ1n) is 10.7. The summed E-state index contributed by atoms with van der Waals surface area (Å²) in [6.45, 7) is 0. The molecule has 0 spiro atoms. The Morgan fingerprint density at radius 3 is 1.34 bits per heavy atom. The first kappa shape index (κ1) is 22.5. The van der Waals surface area contributed by atoms with Crippen LogP contribution in [0.5, 0.6) is 0 Å². The number of carbonyl (C=O) groups excluding carboxylic acids is 1. The Hall–Kier alpha value is -1.17. The monoisotopic (exact) mass is 498 g/mol. The molecule has 4 rings (SSSR count). The Morgan fingerprint density at radius 2 is 0.966 bits per heavy atom. The topological polar surface area (TPSA) is 57.5 Å². The fourth-order valence-electron chi connectivity index (χ4n) is 5.13. The molecule has 29 heavy (non-hydrogen) atoms. The second-order valence-electron chi connectivity index (χ2n) is 8.60. The molecule has 2 aliphatic rings. The molecule has 2 saturated carbocycles. The standard InChI is InChI=1S/C25H30O3.Sn/c26-23(19-11-3-5-13-21(19)24(27)15-7-1-8-16-24)20-12-4-6-14-22(20)25(28)17-9-2-10-18-25;/h3-6,11-14,27-28H,1-2,7-10,15-18H2;. The molecule has 4 radical (unpaired) electrons. The zero-order chi connectivity index (χ0) is 19.6. The van der Waals surface area contributed by atoms with Crippen molar-refractivity contribution >= 4 is 29.7 Å². The van der Waals surface area contributed by atoms with Gasteiger partial charge < -0.3 is 10.2 Å². The smallest absolute Gasteiger partial charge is 0.193 e. The van der Waals surface area contributed by atoms with Crippen molar-refractivity contribution in [3.8, 4) is 0 Å². The minimum absolute atomic E-state index is 0. The van der Waals surface area contributed by atoms with Crippen molar-refractivity contribution in [2.75, 3.05) is 0 Å². The van der Waals surface area contributed by atoms with Gasteiger partial charge in [0.1, 0.15) is 0 Å². The summed E-state index contributed by atoms with van der Waals surface area (Å²) < 4.78 is 0. The van der Waals surface area contributed by atoms with Crippen LogP contribution in [0, 0.1) is 0 Å². The number of hydrogen-bond donors (Lipinski definition) is 2. The molecule has 0 aromatic heterocycles. The van der Waals surface area contributed by atoms with Crippen molar-refractivity contribution < 1.29 is 15.0 Å². The van der Waals surface area contributed by atoms with E-state index in [-0.39, 0.29) is 29.7 Å². The quantitative estimate of drug-likeness (QED) is 0.470. The van der Waals surface area contributed by atoms with Crippen molar-refractivity contribution in [2.24, 2.45) is 0 Å². The van der Waals surface area contributed by atoms with E-state index in [0.717, 1.165) is 49.7 Å². The molecule has 0 atom stereocenters. The van der Waals surface area contributed by atoms with Gasteiger partial charge >= 0.3 is 0 Å². The number of ketones is 1. The zero-order valence-electron chi connectivity index (χ0n) is 17.0. The Morgan fingerprint density at radius 1 is 0.621 bits per heavy atom. The van der Waals surface area contributed by atoms with Gasteiger partial charge in [-0.2, -0.15) is 0 Å². The Balaban J connectivity index is 0.00000240. The number of aliphatic hydroxyl groups is 2. The SMILES string of the molecule is O=C(c1ccccc1C1(O)CCCCC1)c1ccccc1C1(O)CCCCC1.[Sn]. The number of rotatable bonds is 4. The Bertz CT molecular complexity index is 779. The summed E-state index contributed by atoms with van der Waals surface area (Å²) in [5.74, 6) is -0.0933. The number of hydrogen-bond acceptors (Lipinski definition) is 3. The molecule has 2 N–H and O–H groups in total. The maximum atomic E-state index is 13.6. The Kier molecular flexibility index (Phi) is 7.23. The van der Waals surface area contributed by atoms with Gasteiger partial charge in [-0.25, -0.2) is 0 Å². The maximum Gasteiger partial charge on any atom is 0.193 e. The average Bonchev–Trinajstić information content (AvgIpc) is 2.74. The van der Waals surface area contributed by atoms with Crippen LogP contribution >= 0.6 is 0 Å². The molecule has 4 heteroatoms. The molecule has 0 saturated heterocycles. The van der Waals surface area contributed by atoms with E-state index in [1.54, 1.807) is 0 Å². The van der Waals surface area contributed by atoms with Crippen LogP contribution in [-0.2, 0) is 11.2 Å². The van der Waals surface area contributed by atoms with Crippen LogP contribution in [0.25, 0.3) is 0 Å². The molecule has 152 valence electrons. The summed E-state index contributed by atoms with van der Waals surface area (Å²) in [7, 11) is 0. The van der Waals surface area contributed by atoms with Crippen LogP contribution in [0.15, 0.2) is 48.5 Å². The van der Waals surface area contributed by atoms with Crippen LogP contribution in [0.1, 0.15) is 91.3 Å². The van der Waals surface area contributed by atoms with Gasteiger partial charge in [0.2, 0.25) is 0 Å². The van der Waals surface area contributed by atoms with Gasteiger partial charge in [-0.15, -0.1) is 0 Å². The summed E-state index contributed by atoms with van der Waals surface area (Å²) in [6.07, 6.45) is 8.98. The van der Waals surface area contributed by atoms with E-state index < -0.39 is 11.2 Å². The number of benzene rings is 2. The van der Waals surface area contributed by atoms with Gasteiger partial charge in [0.05, 0.1) is 11.2 Å². The van der Waals surface area contributed by atoms with E-state index in [9.17, 15) is 15.0 Å². The van der Waals surface area contributed by atoms with Gasteiger partial charge in [-0.05, 0) is 36.8 Å².